The predicted molar refractivity (Wildman–Crippen MR) is 136 cm³/mol. The SMILES string of the molecule is COC(=O)c1cc(N(C)C)c2c(c1C)CC1=C(C)[C@](O)(CCCN)[C@H](C(CO)N(C)C)C[C@@H]1C2. The first-order chi connectivity index (χ1) is 16.0. The van der Waals surface area contributed by atoms with Crippen LogP contribution < -0.4 is 10.6 Å². The standard InChI is InChI=1S/C27H43N3O4/c1-16-19-13-21-17(2)27(33,9-8-10-28)23(25(15-31)30(5)6)12-18(21)11-22(19)24(29(3)4)14-20(16)26(32)34-7/h14,18,23,25,31,33H,8-13,15,28H2,1-7H3/t18-,23-,25?,27+/m0/s1. The first-order valence-corrected chi connectivity index (χ1v) is 12.3. The molecule has 0 spiro atoms. The summed E-state index contributed by atoms with van der Waals surface area (Å²) in [4.78, 5) is 16.6. The average Bonchev–Trinajstić information content (AvgIpc) is 2.80. The Hall–Kier alpha value is -1.93. The maximum Gasteiger partial charge on any atom is 0.338 e. The minimum Gasteiger partial charge on any atom is -0.465 e. The number of hydrogen-bond acceptors (Lipinski definition) is 7. The Morgan fingerprint density at radius 1 is 1.26 bits per heavy atom. The van der Waals surface area contributed by atoms with Crippen molar-refractivity contribution in [2.24, 2.45) is 17.6 Å². The van der Waals surface area contributed by atoms with E-state index in [9.17, 15) is 15.0 Å². The Labute approximate surface area is 204 Å². The molecule has 190 valence electrons. The molecule has 34 heavy (non-hydrogen) atoms. The highest BCUT2D eigenvalue weighted by Gasteiger charge is 2.49. The maximum atomic E-state index is 12.5. The summed E-state index contributed by atoms with van der Waals surface area (Å²) in [5.41, 5.74) is 12.2. The van der Waals surface area contributed by atoms with Gasteiger partial charge in [-0.05, 0) is 101 Å². The summed E-state index contributed by atoms with van der Waals surface area (Å²) in [5, 5.41) is 22.4. The number of esters is 1. The number of methoxy groups -OCH3 is 1. The number of ether oxygens (including phenoxy) is 1. The molecule has 0 radical (unpaired) electrons. The lowest BCUT2D eigenvalue weighted by Crippen LogP contribution is -2.55. The van der Waals surface area contributed by atoms with Crippen molar-refractivity contribution >= 4 is 11.7 Å². The third-order valence-corrected chi connectivity index (χ3v) is 8.37. The van der Waals surface area contributed by atoms with E-state index in [4.69, 9.17) is 10.5 Å². The van der Waals surface area contributed by atoms with E-state index >= 15 is 0 Å². The number of benzene rings is 1. The van der Waals surface area contributed by atoms with Gasteiger partial charge in [-0.15, -0.1) is 0 Å². The fraction of sp³-hybridized carbons (Fsp3) is 0.667. The summed E-state index contributed by atoms with van der Waals surface area (Å²) in [7, 11) is 9.37. The molecule has 4 atom stereocenters. The summed E-state index contributed by atoms with van der Waals surface area (Å²) >= 11 is 0. The zero-order chi connectivity index (χ0) is 25.4. The Morgan fingerprint density at radius 3 is 2.47 bits per heavy atom. The highest BCUT2D eigenvalue weighted by molar-refractivity contribution is 5.93. The van der Waals surface area contributed by atoms with Crippen LogP contribution in [-0.2, 0) is 17.6 Å². The van der Waals surface area contributed by atoms with Gasteiger partial charge in [-0.2, -0.15) is 0 Å². The summed E-state index contributed by atoms with van der Waals surface area (Å²) in [6.45, 7) is 4.58. The van der Waals surface area contributed by atoms with Crippen LogP contribution in [-0.4, -0.2) is 81.2 Å². The van der Waals surface area contributed by atoms with Gasteiger partial charge in [0, 0.05) is 31.7 Å². The number of aliphatic hydroxyl groups excluding tert-OH is 1. The van der Waals surface area contributed by atoms with Gasteiger partial charge < -0.3 is 30.5 Å². The van der Waals surface area contributed by atoms with Gasteiger partial charge in [-0.3, -0.25) is 0 Å². The van der Waals surface area contributed by atoms with Gasteiger partial charge >= 0.3 is 5.97 Å². The number of carbonyl (C=O) groups excluding carboxylic acids is 1. The Kier molecular flexibility index (Phi) is 8.13. The zero-order valence-electron chi connectivity index (χ0n) is 21.9. The lowest BCUT2D eigenvalue weighted by molar-refractivity contribution is -0.0569. The molecule has 7 heteroatoms. The summed E-state index contributed by atoms with van der Waals surface area (Å²) in [5.74, 6) is -0.129. The molecule has 0 aliphatic heterocycles. The van der Waals surface area contributed by atoms with Crippen LogP contribution in [0.1, 0.15) is 53.2 Å². The molecule has 2 aliphatic carbocycles. The molecule has 1 aromatic rings. The fourth-order valence-electron chi connectivity index (χ4n) is 6.36. The largest absolute Gasteiger partial charge is 0.465 e. The molecule has 0 saturated heterocycles. The van der Waals surface area contributed by atoms with E-state index in [0.717, 1.165) is 36.1 Å². The monoisotopic (exact) mass is 473 g/mol. The molecule has 0 fully saturated rings. The minimum absolute atomic E-state index is 0.000925. The van der Waals surface area contributed by atoms with Crippen LogP contribution in [0.3, 0.4) is 0 Å². The van der Waals surface area contributed by atoms with E-state index in [2.05, 4.69) is 11.8 Å². The fourth-order valence-corrected chi connectivity index (χ4v) is 6.36. The predicted octanol–water partition coefficient (Wildman–Crippen LogP) is 2.29. The quantitative estimate of drug-likeness (QED) is 0.394. The molecule has 3 rings (SSSR count). The van der Waals surface area contributed by atoms with E-state index in [1.54, 1.807) is 0 Å². The first kappa shape index (κ1) is 26.7. The number of carbonyl (C=O) groups is 1. The highest BCUT2D eigenvalue weighted by Crippen LogP contribution is 2.51. The third-order valence-electron chi connectivity index (χ3n) is 8.37. The van der Waals surface area contributed by atoms with Gasteiger partial charge in [0.1, 0.15) is 0 Å². The molecule has 4 N–H and O–H groups in total. The van der Waals surface area contributed by atoms with Crippen LogP contribution in [0.4, 0.5) is 5.69 Å². The number of nitrogens with two attached hydrogens (primary N) is 1. The number of hydrogen-bond donors (Lipinski definition) is 3. The number of fused-ring (bicyclic) bond motifs is 2. The molecular formula is C27H43N3O4. The number of likely N-dealkylation sites (N-methyl/N-ethyl adjacent to an activating group) is 1. The average molecular weight is 474 g/mol. The Bertz CT molecular complexity index is 956. The highest BCUT2D eigenvalue weighted by atomic mass is 16.5. The van der Waals surface area contributed by atoms with Gasteiger partial charge in [0.25, 0.3) is 0 Å². The topological polar surface area (TPSA) is 99.3 Å². The molecule has 0 heterocycles. The molecule has 0 saturated carbocycles. The molecule has 2 aliphatic rings. The van der Waals surface area contributed by atoms with Crippen LogP contribution in [0, 0.1) is 18.8 Å². The number of allylic oxidation sites excluding steroid dienone is 1. The van der Waals surface area contributed by atoms with Crippen molar-refractivity contribution in [1.82, 2.24) is 4.90 Å². The molecule has 1 aromatic carbocycles. The van der Waals surface area contributed by atoms with Crippen LogP contribution in [0.5, 0.6) is 0 Å². The van der Waals surface area contributed by atoms with Crippen LogP contribution in [0.25, 0.3) is 0 Å². The van der Waals surface area contributed by atoms with Crippen molar-refractivity contribution in [2.75, 3.05) is 53.4 Å². The van der Waals surface area contributed by atoms with Gasteiger partial charge in [-0.25, -0.2) is 4.79 Å². The van der Waals surface area contributed by atoms with Crippen LogP contribution in [0.15, 0.2) is 17.2 Å². The van der Waals surface area contributed by atoms with Crippen molar-refractivity contribution in [3.8, 4) is 0 Å². The normalized spacial score (nSPS) is 25.1. The maximum absolute atomic E-state index is 12.5. The second-order valence-corrected chi connectivity index (χ2v) is 10.5. The van der Waals surface area contributed by atoms with E-state index < -0.39 is 5.60 Å². The summed E-state index contributed by atoms with van der Waals surface area (Å²) in [6, 6.07) is 1.81. The van der Waals surface area contributed by atoms with Gasteiger partial charge in [0.05, 0.1) is 24.9 Å². The van der Waals surface area contributed by atoms with Crippen molar-refractivity contribution in [3.63, 3.8) is 0 Å². The molecule has 0 aromatic heterocycles. The molecule has 7 nitrogen and oxygen atoms in total. The van der Waals surface area contributed by atoms with Crippen molar-refractivity contribution in [2.45, 2.75) is 57.6 Å². The van der Waals surface area contributed by atoms with Gasteiger partial charge in [0.15, 0.2) is 0 Å². The van der Waals surface area contributed by atoms with E-state index in [1.165, 1.54) is 23.8 Å². The molecule has 0 bridgehead atoms. The lowest BCUT2D eigenvalue weighted by atomic mass is 9.59. The lowest BCUT2D eigenvalue weighted by Gasteiger charge is -2.51. The second kappa shape index (κ2) is 10.4. The van der Waals surface area contributed by atoms with Gasteiger partial charge in [-0.1, -0.05) is 5.57 Å². The zero-order valence-corrected chi connectivity index (χ0v) is 21.9. The number of aliphatic hydroxyl groups is 2. The number of rotatable bonds is 8. The summed E-state index contributed by atoms with van der Waals surface area (Å²) in [6.07, 6.45) is 3.68. The second-order valence-electron chi connectivity index (χ2n) is 10.5. The Morgan fingerprint density at radius 2 is 1.94 bits per heavy atom. The molecule has 1 unspecified atom stereocenters. The number of nitrogens with zero attached hydrogens (tertiary/aromatic N) is 2. The molecular weight excluding hydrogens is 430 g/mol. The van der Waals surface area contributed by atoms with E-state index in [-0.39, 0.29) is 30.5 Å². The van der Waals surface area contributed by atoms with E-state index in [1.807, 2.05) is 46.1 Å². The third kappa shape index (κ3) is 4.51. The first-order valence-electron chi connectivity index (χ1n) is 12.3. The minimum atomic E-state index is -1.02. The van der Waals surface area contributed by atoms with Crippen molar-refractivity contribution in [3.05, 3.63) is 39.5 Å². The van der Waals surface area contributed by atoms with Crippen LogP contribution in [0.2, 0.25) is 0 Å². The van der Waals surface area contributed by atoms with Gasteiger partial charge in [0.2, 0.25) is 0 Å². The van der Waals surface area contributed by atoms with Crippen molar-refractivity contribution < 1.29 is 19.7 Å². The number of anilines is 1. The Balaban J connectivity index is 2.19. The smallest absolute Gasteiger partial charge is 0.338 e. The van der Waals surface area contributed by atoms with Crippen molar-refractivity contribution in [1.29, 1.82) is 0 Å². The summed E-state index contributed by atoms with van der Waals surface area (Å²) < 4.78 is 5.07. The van der Waals surface area contributed by atoms with E-state index in [0.29, 0.717) is 24.9 Å². The van der Waals surface area contributed by atoms with Crippen LogP contribution >= 0.6 is 0 Å². The molecule has 0 amide bonds.